The van der Waals surface area contributed by atoms with E-state index in [9.17, 15) is 0 Å². The molecule has 0 radical (unpaired) electrons. The van der Waals surface area contributed by atoms with Gasteiger partial charge in [-0.2, -0.15) is 0 Å². The van der Waals surface area contributed by atoms with E-state index in [1.165, 1.54) is 18.4 Å². The molecule has 26 heavy (non-hydrogen) atoms. The molecular formula is C21H25N5. The molecular weight excluding hydrogens is 322 g/mol. The summed E-state index contributed by atoms with van der Waals surface area (Å²) in [6.07, 6.45) is 5.98. The van der Waals surface area contributed by atoms with Crippen LogP contribution in [0.5, 0.6) is 0 Å². The van der Waals surface area contributed by atoms with Crippen molar-refractivity contribution in [3.8, 4) is 0 Å². The number of para-hydroxylation sites is 1. The molecule has 1 aromatic carbocycles. The van der Waals surface area contributed by atoms with Gasteiger partial charge < -0.3 is 5.32 Å². The first kappa shape index (κ1) is 16.9. The van der Waals surface area contributed by atoms with Crippen LogP contribution in [0.25, 0.3) is 10.9 Å². The topological polar surface area (TPSA) is 53.9 Å². The molecule has 0 amide bonds. The Bertz CT molecular complexity index is 904. The first-order chi connectivity index (χ1) is 12.8. The number of aromatic nitrogens is 3. The van der Waals surface area contributed by atoms with Gasteiger partial charge in [-0.05, 0) is 18.1 Å². The van der Waals surface area contributed by atoms with Crippen molar-refractivity contribution in [2.75, 3.05) is 11.9 Å². The second-order valence-corrected chi connectivity index (χ2v) is 7.04. The monoisotopic (exact) mass is 347 g/mol. The maximum Gasteiger partial charge on any atom is 0.138 e. The minimum Gasteiger partial charge on any atom is -0.339 e. The highest BCUT2D eigenvalue weighted by Crippen LogP contribution is 2.29. The molecule has 0 spiro atoms. The summed E-state index contributed by atoms with van der Waals surface area (Å²) in [7, 11) is 0. The van der Waals surface area contributed by atoms with Crippen LogP contribution in [0.3, 0.4) is 0 Å². The average molecular weight is 347 g/mol. The van der Waals surface area contributed by atoms with Crippen LogP contribution >= 0.6 is 0 Å². The second kappa shape index (κ2) is 7.38. The first-order valence-electron chi connectivity index (χ1n) is 9.43. The van der Waals surface area contributed by atoms with E-state index in [4.69, 9.17) is 0 Å². The molecule has 134 valence electrons. The van der Waals surface area contributed by atoms with Gasteiger partial charge in [0, 0.05) is 30.6 Å². The lowest BCUT2D eigenvalue weighted by atomic mass is 10.0. The number of hydrogen-bond donors (Lipinski definition) is 1. The van der Waals surface area contributed by atoms with Gasteiger partial charge in [-0.15, -0.1) is 0 Å². The van der Waals surface area contributed by atoms with Gasteiger partial charge in [-0.3, -0.25) is 9.88 Å². The highest BCUT2D eigenvalue weighted by atomic mass is 15.2. The summed E-state index contributed by atoms with van der Waals surface area (Å²) >= 11 is 0. The zero-order valence-corrected chi connectivity index (χ0v) is 15.4. The minimum atomic E-state index is 0.748. The highest BCUT2D eigenvalue weighted by Gasteiger charge is 2.25. The van der Waals surface area contributed by atoms with E-state index in [0.717, 1.165) is 53.7 Å². The Morgan fingerprint density at radius 1 is 1.08 bits per heavy atom. The van der Waals surface area contributed by atoms with Crippen LogP contribution in [0.2, 0.25) is 0 Å². The molecule has 3 aromatic rings. The molecule has 5 heteroatoms. The molecule has 1 aliphatic heterocycles. The van der Waals surface area contributed by atoms with Crippen LogP contribution in [0, 0.1) is 5.92 Å². The molecule has 0 fully saturated rings. The van der Waals surface area contributed by atoms with E-state index in [1.807, 2.05) is 24.4 Å². The van der Waals surface area contributed by atoms with Crippen LogP contribution in [0.4, 0.5) is 11.5 Å². The number of hydrogen-bond acceptors (Lipinski definition) is 5. The van der Waals surface area contributed by atoms with Gasteiger partial charge in [-0.25, -0.2) is 9.97 Å². The van der Waals surface area contributed by atoms with E-state index in [0.29, 0.717) is 0 Å². The minimum absolute atomic E-state index is 0.748. The highest BCUT2D eigenvalue weighted by molar-refractivity contribution is 5.82. The zero-order chi connectivity index (χ0) is 17.9. The van der Waals surface area contributed by atoms with Crippen molar-refractivity contribution in [2.45, 2.75) is 39.8 Å². The lowest BCUT2D eigenvalue weighted by Crippen LogP contribution is -2.24. The summed E-state index contributed by atoms with van der Waals surface area (Å²) < 4.78 is 0. The van der Waals surface area contributed by atoms with Crippen molar-refractivity contribution < 1.29 is 0 Å². The molecule has 0 aliphatic carbocycles. The Kier molecular flexibility index (Phi) is 4.80. The SMILES string of the molecule is CCC(CC)CN1Cc2ncnc(Nc3cnc4ccccc4c3)c2C1. The third-order valence-corrected chi connectivity index (χ3v) is 5.31. The standard InChI is InChI=1S/C21H25N5/c1-3-15(4-2)11-26-12-18-20(13-26)23-14-24-21(18)25-17-9-16-7-5-6-8-19(16)22-10-17/h5-10,14-15H,3-4,11-13H2,1-2H3,(H,23,24,25). The van der Waals surface area contributed by atoms with Crippen LogP contribution < -0.4 is 5.32 Å². The molecule has 1 N–H and O–H groups in total. The molecule has 0 saturated carbocycles. The average Bonchev–Trinajstić information content (AvgIpc) is 3.10. The normalized spacial score (nSPS) is 14.1. The van der Waals surface area contributed by atoms with Gasteiger partial charge in [0.1, 0.15) is 12.1 Å². The zero-order valence-electron chi connectivity index (χ0n) is 15.4. The van der Waals surface area contributed by atoms with E-state index in [-0.39, 0.29) is 0 Å². The number of fused-ring (bicyclic) bond motifs is 2. The van der Waals surface area contributed by atoms with Crippen molar-refractivity contribution >= 4 is 22.4 Å². The smallest absolute Gasteiger partial charge is 0.138 e. The van der Waals surface area contributed by atoms with E-state index < -0.39 is 0 Å². The number of pyridine rings is 1. The fourth-order valence-electron chi connectivity index (χ4n) is 3.67. The van der Waals surface area contributed by atoms with Crippen LogP contribution in [0.15, 0.2) is 42.9 Å². The fraction of sp³-hybridized carbons (Fsp3) is 0.381. The Hall–Kier alpha value is -2.53. The molecule has 0 atom stereocenters. The largest absolute Gasteiger partial charge is 0.339 e. The lowest BCUT2D eigenvalue weighted by Gasteiger charge is -2.20. The van der Waals surface area contributed by atoms with Gasteiger partial charge in [-0.1, -0.05) is 44.9 Å². The van der Waals surface area contributed by atoms with Crippen molar-refractivity contribution in [1.29, 1.82) is 0 Å². The number of nitrogens with zero attached hydrogens (tertiary/aromatic N) is 4. The molecule has 2 aromatic heterocycles. The predicted octanol–water partition coefficient (Wildman–Crippen LogP) is 4.52. The maximum absolute atomic E-state index is 4.53. The molecule has 4 rings (SSSR count). The summed E-state index contributed by atoms with van der Waals surface area (Å²) in [4.78, 5) is 16.0. The summed E-state index contributed by atoms with van der Waals surface area (Å²) in [5, 5.41) is 4.58. The molecule has 5 nitrogen and oxygen atoms in total. The third kappa shape index (κ3) is 3.40. The first-order valence-corrected chi connectivity index (χ1v) is 9.43. The van der Waals surface area contributed by atoms with Gasteiger partial charge in [0.05, 0.1) is 23.1 Å². The number of nitrogens with one attached hydrogen (secondary N) is 1. The van der Waals surface area contributed by atoms with Crippen molar-refractivity contribution in [3.63, 3.8) is 0 Å². The quantitative estimate of drug-likeness (QED) is 0.710. The molecule has 0 bridgehead atoms. The Morgan fingerprint density at radius 3 is 2.77 bits per heavy atom. The third-order valence-electron chi connectivity index (χ3n) is 5.31. The molecule has 0 unspecified atom stereocenters. The van der Waals surface area contributed by atoms with Gasteiger partial charge in [0.2, 0.25) is 0 Å². The van der Waals surface area contributed by atoms with Crippen molar-refractivity contribution in [3.05, 3.63) is 54.1 Å². The summed E-state index contributed by atoms with van der Waals surface area (Å²) in [5.74, 6) is 1.65. The number of benzene rings is 1. The van der Waals surface area contributed by atoms with E-state index in [2.05, 4.69) is 51.1 Å². The maximum atomic E-state index is 4.53. The van der Waals surface area contributed by atoms with Gasteiger partial charge in [0.15, 0.2) is 0 Å². The Morgan fingerprint density at radius 2 is 1.92 bits per heavy atom. The lowest BCUT2D eigenvalue weighted by molar-refractivity contribution is 0.227. The second-order valence-electron chi connectivity index (χ2n) is 7.04. The number of rotatable bonds is 6. The van der Waals surface area contributed by atoms with Crippen molar-refractivity contribution in [1.82, 2.24) is 19.9 Å². The van der Waals surface area contributed by atoms with E-state index >= 15 is 0 Å². The number of anilines is 2. The van der Waals surface area contributed by atoms with Crippen LogP contribution in [0.1, 0.15) is 37.9 Å². The van der Waals surface area contributed by atoms with E-state index in [1.54, 1.807) is 6.33 Å². The van der Waals surface area contributed by atoms with Gasteiger partial charge in [0.25, 0.3) is 0 Å². The molecule has 3 heterocycles. The van der Waals surface area contributed by atoms with Crippen LogP contribution in [-0.2, 0) is 13.1 Å². The fourth-order valence-corrected chi connectivity index (χ4v) is 3.67. The Labute approximate surface area is 154 Å². The summed E-state index contributed by atoms with van der Waals surface area (Å²) in [6, 6.07) is 10.3. The van der Waals surface area contributed by atoms with Crippen LogP contribution in [-0.4, -0.2) is 26.4 Å². The Balaban J connectivity index is 1.55. The molecule has 1 aliphatic rings. The summed E-state index contributed by atoms with van der Waals surface area (Å²) in [6.45, 7) is 7.50. The summed E-state index contributed by atoms with van der Waals surface area (Å²) in [5.41, 5.74) is 4.32. The van der Waals surface area contributed by atoms with Crippen molar-refractivity contribution in [2.24, 2.45) is 5.92 Å². The predicted molar refractivity (Wildman–Crippen MR) is 105 cm³/mol. The van der Waals surface area contributed by atoms with Gasteiger partial charge >= 0.3 is 0 Å². The molecule has 0 saturated heterocycles.